The standard InChI is InChI=1S/C13H16N6O2/c1-9-4-2-3-5-10(9)6-7-15-12-11(19(20)21)8-16-13(17-12)18-14/h2-5,8H,6-7,14H2,1H3,(H2,15,16,17,18). The minimum atomic E-state index is -0.531. The van der Waals surface area contributed by atoms with Gasteiger partial charge in [0, 0.05) is 6.54 Å². The number of nitro groups is 1. The van der Waals surface area contributed by atoms with Gasteiger partial charge in [0.25, 0.3) is 0 Å². The molecule has 2 aromatic rings. The molecule has 0 unspecified atom stereocenters. The molecule has 0 saturated carbocycles. The van der Waals surface area contributed by atoms with Crippen molar-refractivity contribution in [2.45, 2.75) is 13.3 Å². The Bertz CT molecular complexity index is 646. The lowest BCUT2D eigenvalue weighted by atomic mass is 10.1. The minimum Gasteiger partial charge on any atom is -0.364 e. The van der Waals surface area contributed by atoms with Gasteiger partial charge in [-0.3, -0.25) is 15.5 Å². The molecule has 1 aromatic heterocycles. The number of hydrogen-bond donors (Lipinski definition) is 3. The number of nitrogen functional groups attached to an aromatic ring is 1. The van der Waals surface area contributed by atoms with E-state index in [1.807, 2.05) is 31.2 Å². The van der Waals surface area contributed by atoms with Crippen LogP contribution in [-0.4, -0.2) is 21.4 Å². The Morgan fingerprint density at radius 2 is 2.14 bits per heavy atom. The van der Waals surface area contributed by atoms with Crippen LogP contribution in [0.5, 0.6) is 0 Å². The third kappa shape index (κ3) is 3.63. The predicted octanol–water partition coefficient (Wildman–Crippen LogP) is 1.63. The Labute approximate surface area is 121 Å². The van der Waals surface area contributed by atoms with Gasteiger partial charge >= 0.3 is 5.69 Å². The molecular weight excluding hydrogens is 272 g/mol. The number of anilines is 2. The summed E-state index contributed by atoms with van der Waals surface area (Å²) in [5, 5.41) is 13.9. The summed E-state index contributed by atoms with van der Waals surface area (Å²) in [5.74, 6) is 5.49. The van der Waals surface area contributed by atoms with E-state index in [0.717, 1.165) is 12.6 Å². The van der Waals surface area contributed by atoms with Gasteiger partial charge in [0.2, 0.25) is 11.8 Å². The Kier molecular flexibility index (Phi) is 4.62. The number of nitrogens with zero attached hydrogens (tertiary/aromatic N) is 3. The van der Waals surface area contributed by atoms with E-state index in [9.17, 15) is 10.1 Å². The first kappa shape index (κ1) is 14.7. The summed E-state index contributed by atoms with van der Waals surface area (Å²) in [6.45, 7) is 2.55. The summed E-state index contributed by atoms with van der Waals surface area (Å²) in [6, 6.07) is 7.99. The highest BCUT2D eigenvalue weighted by molar-refractivity contribution is 5.56. The second kappa shape index (κ2) is 6.62. The zero-order valence-electron chi connectivity index (χ0n) is 11.5. The highest BCUT2D eigenvalue weighted by atomic mass is 16.6. The van der Waals surface area contributed by atoms with Crippen molar-refractivity contribution >= 4 is 17.5 Å². The molecule has 0 spiro atoms. The average Bonchev–Trinajstić information content (AvgIpc) is 2.48. The van der Waals surface area contributed by atoms with Crippen molar-refractivity contribution in [2.24, 2.45) is 5.84 Å². The first-order valence-electron chi connectivity index (χ1n) is 6.38. The number of hydrogen-bond acceptors (Lipinski definition) is 7. The van der Waals surface area contributed by atoms with Crippen LogP contribution in [0.4, 0.5) is 17.5 Å². The van der Waals surface area contributed by atoms with Gasteiger partial charge in [-0.1, -0.05) is 24.3 Å². The molecule has 0 bridgehead atoms. The summed E-state index contributed by atoms with van der Waals surface area (Å²) in [5.41, 5.74) is 4.45. The highest BCUT2D eigenvalue weighted by Gasteiger charge is 2.16. The zero-order chi connectivity index (χ0) is 15.2. The molecule has 0 saturated heterocycles. The Morgan fingerprint density at radius 3 is 2.81 bits per heavy atom. The number of hydrazine groups is 1. The van der Waals surface area contributed by atoms with Gasteiger partial charge in [0.05, 0.1) is 4.92 Å². The second-order valence-electron chi connectivity index (χ2n) is 4.43. The van der Waals surface area contributed by atoms with Crippen molar-refractivity contribution in [1.29, 1.82) is 0 Å². The minimum absolute atomic E-state index is 0.124. The van der Waals surface area contributed by atoms with Gasteiger partial charge in [-0.2, -0.15) is 4.98 Å². The third-order valence-corrected chi connectivity index (χ3v) is 3.04. The molecule has 2 rings (SSSR count). The zero-order valence-corrected chi connectivity index (χ0v) is 11.5. The molecule has 8 heteroatoms. The fourth-order valence-corrected chi connectivity index (χ4v) is 1.91. The van der Waals surface area contributed by atoms with Gasteiger partial charge in [0.15, 0.2) is 0 Å². The Morgan fingerprint density at radius 1 is 1.38 bits per heavy atom. The smallest absolute Gasteiger partial charge is 0.329 e. The largest absolute Gasteiger partial charge is 0.364 e. The van der Waals surface area contributed by atoms with Crippen LogP contribution < -0.4 is 16.6 Å². The molecule has 110 valence electrons. The van der Waals surface area contributed by atoms with Crippen LogP contribution in [0.25, 0.3) is 0 Å². The van der Waals surface area contributed by atoms with E-state index in [0.29, 0.717) is 6.54 Å². The second-order valence-corrected chi connectivity index (χ2v) is 4.43. The molecule has 0 atom stereocenters. The lowest BCUT2D eigenvalue weighted by molar-refractivity contribution is -0.384. The van der Waals surface area contributed by atoms with E-state index in [4.69, 9.17) is 5.84 Å². The van der Waals surface area contributed by atoms with E-state index in [-0.39, 0.29) is 17.5 Å². The summed E-state index contributed by atoms with van der Waals surface area (Å²) in [7, 11) is 0. The van der Waals surface area contributed by atoms with Crippen molar-refractivity contribution in [3.63, 3.8) is 0 Å². The SMILES string of the molecule is Cc1ccccc1CCNc1nc(NN)ncc1[N+](=O)[O-]. The van der Waals surface area contributed by atoms with Gasteiger partial charge in [-0.15, -0.1) is 0 Å². The van der Waals surface area contributed by atoms with E-state index < -0.39 is 4.92 Å². The van der Waals surface area contributed by atoms with Crippen LogP contribution in [0, 0.1) is 17.0 Å². The first-order valence-corrected chi connectivity index (χ1v) is 6.38. The van der Waals surface area contributed by atoms with E-state index in [2.05, 4.69) is 20.7 Å². The topological polar surface area (TPSA) is 119 Å². The summed E-state index contributed by atoms with van der Waals surface area (Å²) >= 11 is 0. The molecule has 0 aliphatic carbocycles. The van der Waals surface area contributed by atoms with Crippen molar-refractivity contribution in [1.82, 2.24) is 9.97 Å². The number of benzene rings is 1. The maximum Gasteiger partial charge on any atom is 0.329 e. The average molecular weight is 288 g/mol. The quantitative estimate of drug-likeness (QED) is 0.420. The predicted molar refractivity (Wildman–Crippen MR) is 79.9 cm³/mol. The van der Waals surface area contributed by atoms with Gasteiger partial charge in [0.1, 0.15) is 6.20 Å². The molecule has 1 aromatic carbocycles. The van der Waals surface area contributed by atoms with Crippen LogP contribution in [0.1, 0.15) is 11.1 Å². The number of rotatable bonds is 6. The molecule has 4 N–H and O–H groups in total. The van der Waals surface area contributed by atoms with Crippen LogP contribution in [0.3, 0.4) is 0 Å². The molecule has 1 heterocycles. The van der Waals surface area contributed by atoms with Gasteiger partial charge in [-0.05, 0) is 24.5 Å². The lowest BCUT2D eigenvalue weighted by Crippen LogP contribution is -2.14. The number of aromatic nitrogens is 2. The maximum absolute atomic E-state index is 10.9. The van der Waals surface area contributed by atoms with Crippen molar-refractivity contribution in [3.05, 3.63) is 51.7 Å². The third-order valence-electron chi connectivity index (χ3n) is 3.04. The van der Waals surface area contributed by atoms with Crippen LogP contribution in [0.2, 0.25) is 0 Å². The maximum atomic E-state index is 10.9. The van der Waals surface area contributed by atoms with E-state index in [1.165, 1.54) is 11.1 Å². The van der Waals surface area contributed by atoms with E-state index >= 15 is 0 Å². The first-order chi connectivity index (χ1) is 10.1. The summed E-state index contributed by atoms with van der Waals surface area (Å²) in [4.78, 5) is 18.1. The lowest BCUT2D eigenvalue weighted by Gasteiger charge is -2.08. The fourth-order valence-electron chi connectivity index (χ4n) is 1.91. The van der Waals surface area contributed by atoms with Crippen LogP contribution in [-0.2, 0) is 6.42 Å². The normalized spacial score (nSPS) is 10.2. The fraction of sp³-hybridized carbons (Fsp3) is 0.231. The molecule has 21 heavy (non-hydrogen) atoms. The van der Waals surface area contributed by atoms with Crippen molar-refractivity contribution in [2.75, 3.05) is 17.3 Å². The molecule has 0 radical (unpaired) electrons. The summed E-state index contributed by atoms with van der Waals surface area (Å²) in [6.07, 6.45) is 1.86. The molecular formula is C13H16N6O2. The molecule has 0 amide bonds. The van der Waals surface area contributed by atoms with Crippen LogP contribution >= 0.6 is 0 Å². The molecule has 0 aliphatic heterocycles. The monoisotopic (exact) mass is 288 g/mol. The highest BCUT2D eigenvalue weighted by Crippen LogP contribution is 2.21. The Hall–Kier alpha value is -2.74. The molecule has 0 fully saturated rings. The summed E-state index contributed by atoms with van der Waals surface area (Å²) < 4.78 is 0. The van der Waals surface area contributed by atoms with Crippen molar-refractivity contribution in [3.8, 4) is 0 Å². The Balaban J connectivity index is 2.08. The van der Waals surface area contributed by atoms with E-state index in [1.54, 1.807) is 0 Å². The van der Waals surface area contributed by atoms with Crippen molar-refractivity contribution < 1.29 is 4.92 Å². The molecule has 0 aliphatic rings. The number of nitrogens with two attached hydrogens (primary N) is 1. The molecule has 8 nitrogen and oxygen atoms in total. The number of aryl methyl sites for hydroxylation is 1. The van der Waals surface area contributed by atoms with Crippen LogP contribution in [0.15, 0.2) is 30.5 Å². The van der Waals surface area contributed by atoms with Gasteiger partial charge < -0.3 is 5.32 Å². The van der Waals surface area contributed by atoms with Gasteiger partial charge in [-0.25, -0.2) is 10.8 Å². The number of nitrogens with one attached hydrogen (secondary N) is 2.